The van der Waals surface area contributed by atoms with Crippen molar-refractivity contribution >= 4 is 0 Å². The van der Waals surface area contributed by atoms with E-state index in [0.29, 0.717) is 11.5 Å². The topological polar surface area (TPSA) is 42.7 Å². The van der Waals surface area contributed by atoms with Gasteiger partial charge >= 0.3 is 0 Å². The number of aromatic nitrogens is 3. The molecule has 0 saturated heterocycles. The Morgan fingerprint density at radius 3 is 2.82 bits per heavy atom. The lowest BCUT2D eigenvalue weighted by molar-refractivity contribution is 0.150. The zero-order chi connectivity index (χ0) is 12.5. The second kappa shape index (κ2) is 4.77. The lowest BCUT2D eigenvalue weighted by Crippen LogP contribution is -2.40. The first kappa shape index (κ1) is 12.6. The van der Waals surface area contributed by atoms with Gasteiger partial charge in [-0.2, -0.15) is 0 Å². The highest BCUT2D eigenvalue weighted by Gasteiger charge is 2.31. The fourth-order valence-electron chi connectivity index (χ4n) is 3.20. The van der Waals surface area contributed by atoms with Crippen LogP contribution in [-0.4, -0.2) is 20.8 Å². The van der Waals surface area contributed by atoms with Crippen molar-refractivity contribution < 1.29 is 0 Å². The van der Waals surface area contributed by atoms with Crippen LogP contribution in [0.2, 0.25) is 0 Å². The fraction of sp³-hybridized carbons (Fsp3) is 0.846. The van der Waals surface area contributed by atoms with Gasteiger partial charge in [0.25, 0.3) is 0 Å². The quantitative estimate of drug-likeness (QED) is 0.874. The lowest BCUT2D eigenvalue weighted by atomic mass is 9.70. The molecular formula is C13H24N4. The molecule has 1 aliphatic rings. The molecular weight excluding hydrogens is 212 g/mol. The van der Waals surface area contributed by atoms with Crippen LogP contribution in [0, 0.1) is 11.3 Å². The van der Waals surface area contributed by atoms with Gasteiger partial charge in [0, 0.05) is 13.1 Å². The van der Waals surface area contributed by atoms with Crippen molar-refractivity contribution in [2.24, 2.45) is 18.4 Å². The van der Waals surface area contributed by atoms with Gasteiger partial charge in [-0.25, -0.2) is 0 Å². The molecule has 2 atom stereocenters. The number of aryl methyl sites for hydroxylation is 1. The monoisotopic (exact) mass is 236 g/mol. The Morgan fingerprint density at radius 1 is 1.47 bits per heavy atom. The number of nitrogens with one attached hydrogen (secondary N) is 1. The molecule has 0 amide bonds. The number of hydrogen-bond acceptors (Lipinski definition) is 3. The molecule has 0 bridgehead atoms. The predicted molar refractivity (Wildman–Crippen MR) is 68.4 cm³/mol. The van der Waals surface area contributed by atoms with E-state index in [-0.39, 0.29) is 0 Å². The zero-order valence-corrected chi connectivity index (χ0v) is 11.4. The lowest BCUT2D eigenvalue weighted by Gasteiger charge is -2.39. The minimum Gasteiger partial charge on any atom is -0.320 e. The highest BCUT2D eigenvalue weighted by molar-refractivity contribution is 4.89. The van der Waals surface area contributed by atoms with Gasteiger partial charge in [-0.3, -0.25) is 0 Å². The van der Waals surface area contributed by atoms with Crippen LogP contribution in [-0.2, 0) is 13.6 Å². The SMILES string of the molecule is CC1CC(NCc2nncn2C)CC(C)(C)C1. The van der Waals surface area contributed by atoms with Crippen molar-refractivity contribution in [3.63, 3.8) is 0 Å². The van der Waals surface area contributed by atoms with Crippen molar-refractivity contribution in [1.82, 2.24) is 20.1 Å². The molecule has 4 heteroatoms. The minimum atomic E-state index is 0.467. The normalized spacial score (nSPS) is 28.2. The van der Waals surface area contributed by atoms with Gasteiger partial charge in [0.05, 0.1) is 6.54 Å². The summed E-state index contributed by atoms with van der Waals surface area (Å²) in [5, 5.41) is 11.6. The van der Waals surface area contributed by atoms with E-state index in [1.54, 1.807) is 6.33 Å². The molecule has 96 valence electrons. The minimum absolute atomic E-state index is 0.467. The maximum atomic E-state index is 4.11. The van der Waals surface area contributed by atoms with Gasteiger partial charge in [-0.05, 0) is 30.6 Å². The van der Waals surface area contributed by atoms with Crippen molar-refractivity contribution in [1.29, 1.82) is 0 Å². The molecule has 1 fully saturated rings. The summed E-state index contributed by atoms with van der Waals surface area (Å²) < 4.78 is 1.98. The van der Waals surface area contributed by atoms with Gasteiger partial charge < -0.3 is 9.88 Å². The van der Waals surface area contributed by atoms with Crippen LogP contribution in [0.4, 0.5) is 0 Å². The first-order valence-electron chi connectivity index (χ1n) is 6.52. The molecule has 1 aliphatic carbocycles. The average Bonchev–Trinajstić information content (AvgIpc) is 2.58. The van der Waals surface area contributed by atoms with Crippen LogP contribution >= 0.6 is 0 Å². The van der Waals surface area contributed by atoms with Gasteiger partial charge in [0.2, 0.25) is 0 Å². The van der Waals surface area contributed by atoms with E-state index in [4.69, 9.17) is 0 Å². The number of rotatable bonds is 3. The van der Waals surface area contributed by atoms with Crippen LogP contribution < -0.4 is 5.32 Å². The van der Waals surface area contributed by atoms with Crippen molar-refractivity contribution in [2.45, 2.75) is 52.6 Å². The molecule has 1 aromatic rings. The maximum absolute atomic E-state index is 4.11. The second-order valence-electron chi connectivity index (χ2n) is 6.35. The third-order valence-electron chi connectivity index (χ3n) is 3.74. The van der Waals surface area contributed by atoms with E-state index in [1.165, 1.54) is 19.3 Å². The Labute approximate surface area is 104 Å². The highest BCUT2D eigenvalue weighted by atomic mass is 15.3. The molecule has 2 rings (SSSR count). The summed E-state index contributed by atoms with van der Waals surface area (Å²) in [6.07, 6.45) is 5.63. The summed E-state index contributed by atoms with van der Waals surface area (Å²) in [7, 11) is 1.99. The molecule has 1 saturated carbocycles. The van der Waals surface area contributed by atoms with Gasteiger partial charge in [-0.1, -0.05) is 20.8 Å². The summed E-state index contributed by atoms with van der Waals surface area (Å²) in [6, 6.07) is 0.616. The van der Waals surface area contributed by atoms with E-state index < -0.39 is 0 Å². The summed E-state index contributed by atoms with van der Waals surface area (Å²) in [6.45, 7) is 7.93. The third kappa shape index (κ3) is 3.28. The summed E-state index contributed by atoms with van der Waals surface area (Å²) in [5.74, 6) is 1.83. The van der Waals surface area contributed by atoms with Crippen molar-refractivity contribution in [3.8, 4) is 0 Å². The molecule has 1 heterocycles. The molecule has 1 aromatic heterocycles. The molecule has 0 spiro atoms. The third-order valence-corrected chi connectivity index (χ3v) is 3.74. The Hall–Kier alpha value is -0.900. The molecule has 0 aromatic carbocycles. The van der Waals surface area contributed by atoms with Crippen LogP contribution in [0.15, 0.2) is 6.33 Å². The number of hydrogen-bond donors (Lipinski definition) is 1. The zero-order valence-electron chi connectivity index (χ0n) is 11.4. The Kier molecular flexibility index (Phi) is 3.52. The van der Waals surface area contributed by atoms with Crippen molar-refractivity contribution in [2.75, 3.05) is 0 Å². The summed E-state index contributed by atoms with van der Waals surface area (Å²) in [5.41, 5.74) is 0.467. The van der Waals surface area contributed by atoms with E-state index in [0.717, 1.165) is 18.3 Å². The molecule has 1 N–H and O–H groups in total. The molecule has 0 radical (unpaired) electrons. The first-order valence-corrected chi connectivity index (χ1v) is 6.52. The maximum Gasteiger partial charge on any atom is 0.146 e. The Morgan fingerprint density at radius 2 is 2.24 bits per heavy atom. The molecule has 2 unspecified atom stereocenters. The average molecular weight is 236 g/mol. The smallest absolute Gasteiger partial charge is 0.146 e. The summed E-state index contributed by atoms with van der Waals surface area (Å²) in [4.78, 5) is 0. The molecule has 0 aliphatic heterocycles. The highest BCUT2D eigenvalue weighted by Crippen LogP contribution is 2.38. The first-order chi connectivity index (χ1) is 7.96. The molecule has 4 nitrogen and oxygen atoms in total. The second-order valence-corrected chi connectivity index (χ2v) is 6.35. The largest absolute Gasteiger partial charge is 0.320 e. The van der Waals surface area contributed by atoms with Crippen LogP contribution in [0.1, 0.15) is 45.9 Å². The predicted octanol–water partition coefficient (Wildman–Crippen LogP) is 2.12. The fourth-order valence-corrected chi connectivity index (χ4v) is 3.20. The Bertz CT molecular complexity index is 369. The Balaban J connectivity index is 1.89. The van der Waals surface area contributed by atoms with E-state index in [1.807, 2.05) is 11.6 Å². The van der Waals surface area contributed by atoms with E-state index >= 15 is 0 Å². The van der Waals surface area contributed by atoms with Crippen LogP contribution in [0.5, 0.6) is 0 Å². The van der Waals surface area contributed by atoms with E-state index in [2.05, 4.69) is 36.3 Å². The van der Waals surface area contributed by atoms with Crippen molar-refractivity contribution in [3.05, 3.63) is 12.2 Å². The van der Waals surface area contributed by atoms with Gasteiger partial charge in [-0.15, -0.1) is 10.2 Å². The van der Waals surface area contributed by atoms with E-state index in [9.17, 15) is 0 Å². The van der Waals surface area contributed by atoms with Crippen LogP contribution in [0.3, 0.4) is 0 Å². The van der Waals surface area contributed by atoms with Gasteiger partial charge in [0.15, 0.2) is 0 Å². The number of nitrogens with zero attached hydrogens (tertiary/aromatic N) is 3. The van der Waals surface area contributed by atoms with Crippen LogP contribution in [0.25, 0.3) is 0 Å². The van der Waals surface area contributed by atoms with Gasteiger partial charge in [0.1, 0.15) is 12.2 Å². The molecule has 17 heavy (non-hydrogen) atoms. The standard InChI is InChI=1S/C13H24N4/c1-10-5-11(7-13(2,3)6-10)14-8-12-16-15-9-17(12)4/h9-11,14H,5-8H2,1-4H3. The summed E-state index contributed by atoms with van der Waals surface area (Å²) >= 11 is 0.